The van der Waals surface area contributed by atoms with Crippen molar-refractivity contribution in [3.05, 3.63) is 58.7 Å². The Labute approximate surface area is 203 Å². The molecule has 0 aliphatic carbocycles. The normalized spacial score (nSPS) is 20.0. The van der Waals surface area contributed by atoms with Crippen molar-refractivity contribution in [3.63, 3.8) is 0 Å². The van der Waals surface area contributed by atoms with Gasteiger partial charge in [0.2, 0.25) is 5.91 Å². The fourth-order valence-corrected chi connectivity index (χ4v) is 5.51. The Morgan fingerprint density at radius 2 is 1.74 bits per heavy atom. The number of rotatable bonds is 5. The predicted molar refractivity (Wildman–Crippen MR) is 130 cm³/mol. The Morgan fingerprint density at radius 1 is 1.09 bits per heavy atom. The summed E-state index contributed by atoms with van der Waals surface area (Å²) in [6.07, 6.45) is 3.89. The molecule has 3 heterocycles. The minimum absolute atomic E-state index is 0.186. The van der Waals surface area contributed by atoms with Crippen molar-refractivity contribution in [2.45, 2.75) is 38.3 Å². The topological polar surface area (TPSA) is 76.2 Å². The van der Waals surface area contributed by atoms with Crippen molar-refractivity contribution >= 4 is 29.5 Å². The van der Waals surface area contributed by atoms with Crippen LogP contribution in [0.3, 0.4) is 0 Å². The van der Waals surface area contributed by atoms with Crippen LogP contribution in [0.2, 0.25) is 0 Å². The van der Waals surface area contributed by atoms with E-state index in [4.69, 9.17) is 9.47 Å². The summed E-state index contributed by atoms with van der Waals surface area (Å²) in [5, 5.41) is 0. The van der Waals surface area contributed by atoms with Gasteiger partial charge in [-0.15, -0.1) is 0 Å². The summed E-state index contributed by atoms with van der Waals surface area (Å²) in [5.74, 6) is 1.17. The maximum Gasteiger partial charge on any atom is 0.262 e. The van der Waals surface area contributed by atoms with E-state index in [0.717, 1.165) is 23.3 Å². The van der Waals surface area contributed by atoms with Crippen LogP contribution in [0.5, 0.6) is 11.5 Å². The van der Waals surface area contributed by atoms with Crippen LogP contribution in [0, 0.1) is 0 Å². The van der Waals surface area contributed by atoms with Crippen LogP contribution in [0.15, 0.2) is 36.4 Å². The highest BCUT2D eigenvalue weighted by molar-refractivity contribution is 7.98. The van der Waals surface area contributed by atoms with E-state index in [1.54, 1.807) is 40.9 Å². The number of nitrogens with zero attached hydrogens (tertiary/aromatic N) is 2. The summed E-state index contributed by atoms with van der Waals surface area (Å²) in [7, 11) is 0. The molecule has 0 N–H and O–H groups in total. The van der Waals surface area contributed by atoms with Gasteiger partial charge in [-0.1, -0.05) is 12.1 Å². The minimum atomic E-state index is -0.829. The van der Waals surface area contributed by atoms with E-state index in [9.17, 15) is 14.4 Å². The molecular formula is C26H28N2O5S. The zero-order chi connectivity index (χ0) is 23.8. The molecule has 0 bridgehead atoms. The molecule has 0 aromatic heterocycles. The molecule has 34 heavy (non-hydrogen) atoms. The number of carbonyl (C=O) groups is 3. The van der Waals surface area contributed by atoms with Gasteiger partial charge >= 0.3 is 0 Å². The molecule has 0 spiro atoms. The molecule has 3 amide bonds. The number of ether oxygens (including phenoxy) is 2. The van der Waals surface area contributed by atoms with E-state index in [1.807, 2.05) is 25.3 Å². The third kappa shape index (κ3) is 3.83. The average molecular weight is 481 g/mol. The molecule has 2 aromatic carbocycles. The van der Waals surface area contributed by atoms with Crippen molar-refractivity contribution in [2.24, 2.45) is 0 Å². The molecule has 2 atom stereocenters. The third-order valence-electron chi connectivity index (χ3n) is 6.85. The average Bonchev–Trinajstić information content (AvgIpc) is 2.98. The van der Waals surface area contributed by atoms with Crippen LogP contribution in [0.1, 0.15) is 57.7 Å². The largest absolute Gasteiger partial charge is 0.490 e. The zero-order valence-corrected chi connectivity index (χ0v) is 20.2. The molecule has 2 unspecified atom stereocenters. The van der Waals surface area contributed by atoms with Crippen LogP contribution in [-0.2, 0) is 11.2 Å². The summed E-state index contributed by atoms with van der Waals surface area (Å²) < 4.78 is 11.7. The maximum absolute atomic E-state index is 13.9. The Morgan fingerprint density at radius 3 is 2.38 bits per heavy atom. The molecule has 3 aliphatic heterocycles. The molecule has 2 aromatic rings. The van der Waals surface area contributed by atoms with Crippen molar-refractivity contribution in [1.82, 2.24) is 9.80 Å². The second-order valence-electron chi connectivity index (χ2n) is 8.83. The lowest BCUT2D eigenvalue weighted by Crippen LogP contribution is -2.53. The first-order chi connectivity index (χ1) is 16.5. The Bertz CT molecular complexity index is 1120. The number of benzene rings is 2. The number of hydrogen-bond donors (Lipinski definition) is 0. The standard InChI is InChI=1S/C26H28N2O5S/c1-16-20-15-23-22(32-11-5-12-33-23)14-17(20)8-10-27(16)26(31)21(9-13-34-2)28-24(29)18-6-3-4-7-19(18)25(28)30/h3-4,6-7,14-16,21H,5,8-13H2,1-2H3. The van der Waals surface area contributed by atoms with Gasteiger partial charge in [0.1, 0.15) is 6.04 Å². The van der Waals surface area contributed by atoms with Crippen molar-refractivity contribution < 1.29 is 23.9 Å². The molecule has 0 saturated heterocycles. The highest BCUT2D eigenvalue weighted by Crippen LogP contribution is 2.40. The van der Waals surface area contributed by atoms with E-state index < -0.39 is 6.04 Å². The monoisotopic (exact) mass is 480 g/mol. The SMILES string of the molecule is CSCCC(C(=O)N1CCc2cc3c(cc2C1C)OCCCO3)N1C(=O)c2ccccc2C1=O. The molecule has 178 valence electrons. The number of fused-ring (bicyclic) bond motifs is 3. The van der Waals surface area contributed by atoms with E-state index in [1.165, 1.54) is 4.90 Å². The lowest BCUT2D eigenvalue weighted by Gasteiger charge is -2.39. The maximum atomic E-state index is 13.9. The second-order valence-corrected chi connectivity index (χ2v) is 9.81. The first-order valence-electron chi connectivity index (χ1n) is 11.7. The second kappa shape index (κ2) is 9.33. The van der Waals surface area contributed by atoms with Crippen molar-refractivity contribution in [2.75, 3.05) is 31.8 Å². The summed E-state index contributed by atoms with van der Waals surface area (Å²) in [4.78, 5) is 43.2. The van der Waals surface area contributed by atoms with Gasteiger partial charge in [0.05, 0.1) is 30.4 Å². The zero-order valence-electron chi connectivity index (χ0n) is 19.4. The number of amides is 3. The molecule has 7 nitrogen and oxygen atoms in total. The van der Waals surface area contributed by atoms with Crippen LogP contribution in [0.25, 0.3) is 0 Å². The van der Waals surface area contributed by atoms with E-state index >= 15 is 0 Å². The number of carbonyl (C=O) groups excluding carboxylic acids is 3. The van der Waals surface area contributed by atoms with Gasteiger partial charge in [-0.3, -0.25) is 19.3 Å². The number of thioether (sulfide) groups is 1. The van der Waals surface area contributed by atoms with Crippen LogP contribution < -0.4 is 9.47 Å². The van der Waals surface area contributed by atoms with Gasteiger partial charge in [0.15, 0.2) is 11.5 Å². The lowest BCUT2D eigenvalue weighted by molar-refractivity contribution is -0.138. The molecule has 0 radical (unpaired) electrons. The van der Waals surface area contributed by atoms with Gasteiger partial charge in [0.25, 0.3) is 11.8 Å². The predicted octanol–water partition coefficient (Wildman–Crippen LogP) is 3.71. The van der Waals surface area contributed by atoms with Crippen LogP contribution in [0.4, 0.5) is 0 Å². The van der Waals surface area contributed by atoms with Gasteiger partial charge in [0, 0.05) is 13.0 Å². The van der Waals surface area contributed by atoms with Crippen molar-refractivity contribution in [1.29, 1.82) is 0 Å². The highest BCUT2D eigenvalue weighted by Gasteiger charge is 2.44. The van der Waals surface area contributed by atoms with Gasteiger partial charge in [-0.25, -0.2) is 0 Å². The Hall–Kier alpha value is -3.00. The van der Waals surface area contributed by atoms with Crippen LogP contribution >= 0.6 is 11.8 Å². The van der Waals surface area contributed by atoms with Gasteiger partial charge < -0.3 is 14.4 Å². The van der Waals surface area contributed by atoms with E-state index in [2.05, 4.69) is 0 Å². The molecular weight excluding hydrogens is 452 g/mol. The first-order valence-corrected chi connectivity index (χ1v) is 13.1. The fourth-order valence-electron chi connectivity index (χ4n) is 5.05. The smallest absolute Gasteiger partial charge is 0.262 e. The van der Waals surface area contributed by atoms with Crippen molar-refractivity contribution in [3.8, 4) is 11.5 Å². The van der Waals surface area contributed by atoms with E-state index in [-0.39, 0.29) is 23.8 Å². The molecule has 8 heteroatoms. The highest BCUT2D eigenvalue weighted by atomic mass is 32.2. The fraction of sp³-hybridized carbons (Fsp3) is 0.423. The van der Waals surface area contributed by atoms with Gasteiger partial charge in [-0.2, -0.15) is 11.8 Å². The first kappa shape index (κ1) is 22.8. The van der Waals surface area contributed by atoms with Gasteiger partial charge in [-0.05, 0) is 67.2 Å². The summed E-state index contributed by atoms with van der Waals surface area (Å²) in [6.45, 7) is 3.74. The van der Waals surface area contributed by atoms with Crippen LogP contribution in [-0.4, -0.2) is 65.3 Å². The summed E-state index contributed by atoms with van der Waals surface area (Å²) in [6, 6.07) is 9.76. The molecule has 5 rings (SSSR count). The number of imide groups is 1. The Kier molecular flexibility index (Phi) is 6.25. The summed E-state index contributed by atoms with van der Waals surface area (Å²) in [5.41, 5.74) is 2.90. The quantitative estimate of drug-likeness (QED) is 0.608. The molecule has 3 aliphatic rings. The third-order valence-corrected chi connectivity index (χ3v) is 7.49. The van der Waals surface area contributed by atoms with E-state index in [0.29, 0.717) is 55.2 Å². The molecule has 0 saturated carbocycles. The Balaban J connectivity index is 1.45. The number of hydrogen-bond acceptors (Lipinski definition) is 6. The summed E-state index contributed by atoms with van der Waals surface area (Å²) >= 11 is 1.60. The molecule has 0 fully saturated rings. The lowest BCUT2D eigenvalue weighted by atomic mass is 9.92. The minimum Gasteiger partial charge on any atom is -0.490 e.